The topological polar surface area (TPSA) is 149 Å². The number of nitrogens with zero attached hydrogens (tertiary/aromatic N) is 5. The van der Waals surface area contributed by atoms with Gasteiger partial charge in [-0.15, -0.1) is 0 Å². The molecule has 0 aliphatic heterocycles. The Hall–Kier alpha value is -4.23. The molecule has 0 bridgehead atoms. The summed E-state index contributed by atoms with van der Waals surface area (Å²) < 4.78 is 15.5. The Morgan fingerprint density at radius 3 is 2.60 bits per heavy atom. The van der Waals surface area contributed by atoms with Gasteiger partial charge in [-0.05, 0) is 42.7 Å². The number of nitrogen functional groups attached to an aromatic ring is 2. The predicted molar refractivity (Wildman–Crippen MR) is 134 cm³/mol. The van der Waals surface area contributed by atoms with Crippen molar-refractivity contribution in [2.24, 2.45) is 5.92 Å². The van der Waals surface area contributed by atoms with Crippen molar-refractivity contribution in [2.75, 3.05) is 16.8 Å². The summed E-state index contributed by atoms with van der Waals surface area (Å²) in [7, 11) is 0. The second-order valence-corrected chi connectivity index (χ2v) is 8.76. The van der Waals surface area contributed by atoms with Crippen LogP contribution in [0.1, 0.15) is 37.7 Å². The van der Waals surface area contributed by atoms with Crippen molar-refractivity contribution in [2.45, 2.75) is 26.3 Å². The number of nitriles is 1. The molecule has 0 aliphatic carbocycles. The van der Waals surface area contributed by atoms with E-state index in [1.54, 1.807) is 24.3 Å². The molecular weight excluding hydrogens is 471 g/mol. The summed E-state index contributed by atoms with van der Waals surface area (Å²) >= 11 is 6.35. The highest BCUT2D eigenvalue weighted by Gasteiger charge is 2.25. The molecule has 9 nitrogen and oxygen atoms in total. The molecule has 178 valence electrons. The predicted octanol–water partition coefficient (Wildman–Crippen LogP) is 4.20. The molecular formula is C24H22ClFN8O. The average Bonchev–Trinajstić information content (AvgIpc) is 2.78. The van der Waals surface area contributed by atoms with Gasteiger partial charge in [0, 0.05) is 0 Å². The molecule has 5 N–H and O–H groups in total. The number of hydrogen-bond donors (Lipinski definition) is 3. The smallest absolute Gasteiger partial charge is 0.267 e. The minimum absolute atomic E-state index is 0.0106. The van der Waals surface area contributed by atoms with E-state index in [-0.39, 0.29) is 51.0 Å². The first-order valence-corrected chi connectivity index (χ1v) is 11.1. The Morgan fingerprint density at radius 1 is 1.17 bits per heavy atom. The normalized spacial score (nSPS) is 12.0. The highest BCUT2D eigenvalue weighted by molar-refractivity contribution is 6.35. The molecule has 0 unspecified atom stereocenters. The maximum absolute atomic E-state index is 14.2. The van der Waals surface area contributed by atoms with Gasteiger partial charge in [0.15, 0.2) is 5.82 Å². The van der Waals surface area contributed by atoms with Crippen LogP contribution in [0.2, 0.25) is 5.02 Å². The number of nitrogens with two attached hydrogens (primary N) is 2. The molecule has 2 aromatic heterocycles. The first-order valence-electron chi connectivity index (χ1n) is 10.8. The van der Waals surface area contributed by atoms with E-state index >= 15 is 0 Å². The van der Waals surface area contributed by atoms with Crippen LogP contribution >= 0.6 is 11.6 Å². The van der Waals surface area contributed by atoms with Crippen LogP contribution in [0.4, 0.5) is 22.0 Å². The number of hydrogen-bond acceptors (Lipinski definition) is 8. The van der Waals surface area contributed by atoms with Crippen LogP contribution in [0.25, 0.3) is 16.6 Å². The molecule has 0 radical (unpaired) electrons. The highest BCUT2D eigenvalue weighted by Crippen LogP contribution is 2.30. The lowest BCUT2D eigenvalue weighted by molar-refractivity contribution is 0.506. The standard InChI is InChI=1S/C24H22ClFN8O/c1-12(2)9-18(30-21-15(11-27)20(28)32-24(29)33-21)22-31-17-8-4-7-16(25)19(17)23(35)34(22)14-6-3-5-13(26)10-14/h3-8,10,12,18H,9H2,1-2H3,(H5,28,29,30,32,33)/t18-/m0/s1. The average molecular weight is 493 g/mol. The van der Waals surface area contributed by atoms with Crippen molar-refractivity contribution in [3.63, 3.8) is 0 Å². The maximum Gasteiger partial charge on any atom is 0.267 e. The fraction of sp³-hybridized carbons (Fsp3) is 0.208. The third-order valence-corrected chi connectivity index (χ3v) is 5.65. The molecule has 4 rings (SSSR count). The van der Waals surface area contributed by atoms with Crippen LogP contribution in [0.5, 0.6) is 0 Å². The Balaban J connectivity index is 2.02. The van der Waals surface area contributed by atoms with Crippen molar-refractivity contribution in [1.29, 1.82) is 5.26 Å². The van der Waals surface area contributed by atoms with Crippen LogP contribution in [-0.2, 0) is 0 Å². The van der Waals surface area contributed by atoms with Gasteiger partial charge in [-0.2, -0.15) is 15.2 Å². The van der Waals surface area contributed by atoms with Crippen LogP contribution in [0.3, 0.4) is 0 Å². The molecule has 0 fully saturated rings. The van der Waals surface area contributed by atoms with E-state index in [0.717, 1.165) is 0 Å². The van der Waals surface area contributed by atoms with Crippen molar-refractivity contribution in [3.8, 4) is 11.8 Å². The summed E-state index contributed by atoms with van der Waals surface area (Å²) in [6.07, 6.45) is 0.475. The van der Waals surface area contributed by atoms with E-state index in [2.05, 4.69) is 15.3 Å². The third kappa shape index (κ3) is 4.72. The zero-order valence-electron chi connectivity index (χ0n) is 19.0. The molecule has 0 saturated carbocycles. The SMILES string of the molecule is CC(C)C[C@H](Nc1nc(N)nc(N)c1C#N)c1nc2cccc(Cl)c2c(=O)n1-c1cccc(F)c1. The molecule has 0 aliphatic rings. The summed E-state index contributed by atoms with van der Waals surface area (Å²) in [5.74, 6) is -0.198. The Bertz CT molecular complexity index is 1530. The molecule has 2 heterocycles. The number of anilines is 3. The molecule has 0 spiro atoms. The zero-order valence-corrected chi connectivity index (χ0v) is 19.7. The van der Waals surface area contributed by atoms with Gasteiger partial charge in [-0.3, -0.25) is 9.36 Å². The van der Waals surface area contributed by atoms with E-state index in [1.807, 2.05) is 19.9 Å². The van der Waals surface area contributed by atoms with Crippen molar-refractivity contribution < 1.29 is 4.39 Å². The zero-order chi connectivity index (χ0) is 25.3. The molecule has 35 heavy (non-hydrogen) atoms. The van der Waals surface area contributed by atoms with Gasteiger partial charge < -0.3 is 16.8 Å². The maximum atomic E-state index is 14.2. The second kappa shape index (κ2) is 9.56. The molecule has 0 amide bonds. The van der Waals surface area contributed by atoms with Crippen LogP contribution in [0, 0.1) is 23.1 Å². The van der Waals surface area contributed by atoms with Crippen molar-refractivity contribution in [1.82, 2.24) is 19.5 Å². The van der Waals surface area contributed by atoms with E-state index in [9.17, 15) is 14.4 Å². The largest absolute Gasteiger partial charge is 0.382 e. The fourth-order valence-corrected chi connectivity index (χ4v) is 4.13. The molecule has 2 aromatic carbocycles. The number of aromatic nitrogens is 4. The summed E-state index contributed by atoms with van der Waals surface area (Å²) in [5.41, 5.74) is 11.9. The van der Waals surface area contributed by atoms with Crippen LogP contribution in [0.15, 0.2) is 47.3 Å². The summed E-state index contributed by atoms with van der Waals surface area (Å²) in [6, 6.07) is 11.9. The molecule has 4 aromatic rings. The highest BCUT2D eigenvalue weighted by atomic mass is 35.5. The molecule has 1 atom stereocenters. The Morgan fingerprint density at radius 2 is 1.91 bits per heavy atom. The van der Waals surface area contributed by atoms with Gasteiger partial charge in [0.25, 0.3) is 5.56 Å². The van der Waals surface area contributed by atoms with Gasteiger partial charge in [0.1, 0.15) is 29.1 Å². The van der Waals surface area contributed by atoms with E-state index in [0.29, 0.717) is 11.9 Å². The van der Waals surface area contributed by atoms with Crippen LogP contribution in [-0.4, -0.2) is 19.5 Å². The number of benzene rings is 2. The van der Waals surface area contributed by atoms with Gasteiger partial charge in [-0.25, -0.2) is 9.37 Å². The van der Waals surface area contributed by atoms with Gasteiger partial charge >= 0.3 is 0 Å². The monoisotopic (exact) mass is 492 g/mol. The van der Waals surface area contributed by atoms with Gasteiger partial charge in [0.2, 0.25) is 5.95 Å². The number of fused-ring (bicyclic) bond motifs is 1. The van der Waals surface area contributed by atoms with Crippen molar-refractivity contribution in [3.05, 3.63) is 75.0 Å². The minimum atomic E-state index is -0.643. The second-order valence-electron chi connectivity index (χ2n) is 8.35. The third-order valence-electron chi connectivity index (χ3n) is 5.33. The summed E-state index contributed by atoms with van der Waals surface area (Å²) in [4.78, 5) is 26.5. The van der Waals surface area contributed by atoms with E-state index < -0.39 is 17.4 Å². The molecule has 11 heteroatoms. The Kier molecular flexibility index (Phi) is 6.53. The van der Waals surface area contributed by atoms with Crippen LogP contribution < -0.4 is 22.3 Å². The lowest BCUT2D eigenvalue weighted by Crippen LogP contribution is -2.29. The fourth-order valence-electron chi connectivity index (χ4n) is 3.88. The first kappa shape index (κ1) is 23.9. The van der Waals surface area contributed by atoms with E-state index in [4.69, 9.17) is 28.1 Å². The van der Waals surface area contributed by atoms with E-state index in [1.165, 1.54) is 22.8 Å². The summed E-state index contributed by atoms with van der Waals surface area (Å²) in [6.45, 7) is 3.98. The quantitative estimate of drug-likeness (QED) is 0.362. The van der Waals surface area contributed by atoms with Gasteiger partial charge in [-0.1, -0.05) is 37.6 Å². The molecule has 0 saturated heterocycles. The number of halogens is 2. The first-order chi connectivity index (χ1) is 16.7. The van der Waals surface area contributed by atoms with Gasteiger partial charge in [0.05, 0.1) is 27.7 Å². The lowest BCUT2D eigenvalue weighted by atomic mass is 10.0. The lowest BCUT2D eigenvalue weighted by Gasteiger charge is -2.25. The number of rotatable bonds is 6. The minimum Gasteiger partial charge on any atom is -0.382 e. The number of nitrogens with one attached hydrogen (secondary N) is 1. The summed E-state index contributed by atoms with van der Waals surface area (Å²) in [5, 5.41) is 13.2. The Labute approximate surface area is 205 Å². The van der Waals surface area contributed by atoms with Crippen molar-refractivity contribution >= 4 is 40.1 Å².